The standard InChI is InChI=1S/C10H15FN2O/c1-8-2-3-13(6-10(8)11)5-9-4-12-7-14-9/h4,7-8,10H,2-3,5-6H2,1H3. The number of rotatable bonds is 2. The van der Waals surface area contributed by atoms with Crippen LogP contribution >= 0.6 is 0 Å². The van der Waals surface area contributed by atoms with Gasteiger partial charge in [-0.05, 0) is 18.9 Å². The number of aromatic nitrogens is 1. The Morgan fingerprint density at radius 2 is 2.57 bits per heavy atom. The van der Waals surface area contributed by atoms with Crippen LogP contribution in [0.3, 0.4) is 0 Å². The average molecular weight is 198 g/mol. The zero-order valence-corrected chi connectivity index (χ0v) is 8.32. The summed E-state index contributed by atoms with van der Waals surface area (Å²) in [6.45, 7) is 4.10. The molecule has 1 fully saturated rings. The van der Waals surface area contributed by atoms with Crippen LogP contribution in [0.4, 0.5) is 4.39 Å². The normalized spacial score (nSPS) is 29.3. The smallest absolute Gasteiger partial charge is 0.180 e. The fourth-order valence-electron chi connectivity index (χ4n) is 1.77. The molecule has 2 atom stereocenters. The lowest BCUT2D eigenvalue weighted by molar-refractivity contribution is 0.0838. The molecule has 1 saturated heterocycles. The molecule has 3 nitrogen and oxygen atoms in total. The van der Waals surface area contributed by atoms with E-state index in [4.69, 9.17) is 4.42 Å². The minimum Gasteiger partial charge on any atom is -0.447 e. The molecule has 1 aliphatic heterocycles. The van der Waals surface area contributed by atoms with Crippen LogP contribution in [-0.2, 0) is 6.54 Å². The summed E-state index contributed by atoms with van der Waals surface area (Å²) in [5.41, 5.74) is 0. The van der Waals surface area contributed by atoms with Gasteiger partial charge in [-0.3, -0.25) is 4.90 Å². The summed E-state index contributed by atoms with van der Waals surface area (Å²) in [4.78, 5) is 5.91. The summed E-state index contributed by atoms with van der Waals surface area (Å²) >= 11 is 0. The molecule has 14 heavy (non-hydrogen) atoms. The molecule has 2 unspecified atom stereocenters. The van der Waals surface area contributed by atoms with Gasteiger partial charge in [0.1, 0.15) is 11.9 Å². The van der Waals surface area contributed by atoms with Crippen LogP contribution in [0.1, 0.15) is 19.1 Å². The maximum atomic E-state index is 13.4. The third kappa shape index (κ3) is 2.12. The highest BCUT2D eigenvalue weighted by molar-refractivity contribution is 4.90. The first-order valence-corrected chi connectivity index (χ1v) is 4.99. The molecule has 78 valence electrons. The molecular weight excluding hydrogens is 183 g/mol. The average Bonchev–Trinajstić information content (AvgIpc) is 2.64. The van der Waals surface area contributed by atoms with Crippen LogP contribution in [-0.4, -0.2) is 29.1 Å². The van der Waals surface area contributed by atoms with E-state index in [1.54, 1.807) is 6.20 Å². The third-order valence-electron chi connectivity index (χ3n) is 2.81. The second-order valence-corrected chi connectivity index (χ2v) is 3.98. The number of hydrogen-bond acceptors (Lipinski definition) is 3. The predicted molar refractivity (Wildman–Crippen MR) is 50.5 cm³/mol. The molecule has 0 amide bonds. The Kier molecular flexibility index (Phi) is 2.82. The van der Waals surface area contributed by atoms with Gasteiger partial charge in [0, 0.05) is 6.54 Å². The lowest BCUT2D eigenvalue weighted by atomic mass is 9.97. The van der Waals surface area contributed by atoms with Crippen molar-refractivity contribution in [2.45, 2.75) is 26.1 Å². The van der Waals surface area contributed by atoms with Gasteiger partial charge >= 0.3 is 0 Å². The van der Waals surface area contributed by atoms with E-state index in [-0.39, 0.29) is 5.92 Å². The predicted octanol–water partition coefficient (Wildman–Crippen LogP) is 1.85. The SMILES string of the molecule is CC1CCN(Cc2cnco2)CC1F. The van der Waals surface area contributed by atoms with Crippen molar-refractivity contribution in [2.24, 2.45) is 5.92 Å². The molecule has 0 aliphatic carbocycles. The highest BCUT2D eigenvalue weighted by atomic mass is 19.1. The summed E-state index contributed by atoms with van der Waals surface area (Å²) in [6.07, 6.45) is 3.32. The minimum absolute atomic E-state index is 0.195. The van der Waals surface area contributed by atoms with Crippen LogP contribution in [0, 0.1) is 5.92 Å². The van der Waals surface area contributed by atoms with Gasteiger partial charge in [0.15, 0.2) is 6.39 Å². The first-order valence-electron chi connectivity index (χ1n) is 4.99. The van der Waals surface area contributed by atoms with E-state index < -0.39 is 6.17 Å². The van der Waals surface area contributed by atoms with E-state index >= 15 is 0 Å². The Morgan fingerprint density at radius 1 is 1.71 bits per heavy atom. The highest BCUT2D eigenvalue weighted by Gasteiger charge is 2.25. The van der Waals surface area contributed by atoms with Crippen molar-refractivity contribution in [3.05, 3.63) is 18.4 Å². The summed E-state index contributed by atoms with van der Waals surface area (Å²) in [5.74, 6) is 1.01. The Labute approximate surface area is 82.9 Å². The summed E-state index contributed by atoms with van der Waals surface area (Å²) in [5, 5.41) is 0. The van der Waals surface area contributed by atoms with Gasteiger partial charge < -0.3 is 4.42 Å². The van der Waals surface area contributed by atoms with Gasteiger partial charge in [-0.25, -0.2) is 9.37 Å². The molecule has 4 heteroatoms. The van der Waals surface area contributed by atoms with E-state index in [0.29, 0.717) is 13.1 Å². The van der Waals surface area contributed by atoms with Gasteiger partial charge in [0.2, 0.25) is 0 Å². The summed E-state index contributed by atoms with van der Waals surface area (Å²) < 4.78 is 18.5. The van der Waals surface area contributed by atoms with Gasteiger partial charge in [-0.2, -0.15) is 0 Å². The quantitative estimate of drug-likeness (QED) is 0.726. The minimum atomic E-state index is -0.702. The number of piperidine rings is 1. The van der Waals surface area contributed by atoms with E-state index in [1.807, 2.05) is 6.92 Å². The number of halogens is 1. The van der Waals surface area contributed by atoms with Crippen molar-refractivity contribution in [1.82, 2.24) is 9.88 Å². The van der Waals surface area contributed by atoms with E-state index in [2.05, 4.69) is 9.88 Å². The number of nitrogens with zero attached hydrogens (tertiary/aromatic N) is 2. The Morgan fingerprint density at radius 3 is 3.21 bits per heavy atom. The topological polar surface area (TPSA) is 29.3 Å². The fraction of sp³-hybridized carbons (Fsp3) is 0.700. The molecule has 1 aromatic rings. The number of hydrogen-bond donors (Lipinski definition) is 0. The molecule has 0 radical (unpaired) electrons. The van der Waals surface area contributed by atoms with Gasteiger partial charge in [-0.15, -0.1) is 0 Å². The zero-order chi connectivity index (χ0) is 9.97. The Hall–Kier alpha value is -0.900. The molecule has 0 spiro atoms. The second-order valence-electron chi connectivity index (χ2n) is 3.98. The van der Waals surface area contributed by atoms with Crippen molar-refractivity contribution in [1.29, 1.82) is 0 Å². The molecule has 0 aromatic carbocycles. The van der Waals surface area contributed by atoms with E-state index in [1.165, 1.54) is 6.39 Å². The van der Waals surface area contributed by atoms with Crippen LogP contribution in [0.15, 0.2) is 17.0 Å². The van der Waals surface area contributed by atoms with Crippen molar-refractivity contribution in [3.8, 4) is 0 Å². The van der Waals surface area contributed by atoms with Crippen LogP contribution in [0.2, 0.25) is 0 Å². The zero-order valence-electron chi connectivity index (χ0n) is 8.32. The van der Waals surface area contributed by atoms with E-state index in [0.717, 1.165) is 18.7 Å². The molecular formula is C10H15FN2O. The van der Waals surface area contributed by atoms with Crippen LogP contribution in [0.25, 0.3) is 0 Å². The highest BCUT2D eigenvalue weighted by Crippen LogP contribution is 2.21. The van der Waals surface area contributed by atoms with Crippen molar-refractivity contribution in [3.63, 3.8) is 0 Å². The van der Waals surface area contributed by atoms with Crippen molar-refractivity contribution in [2.75, 3.05) is 13.1 Å². The number of alkyl halides is 1. The number of oxazole rings is 1. The fourth-order valence-corrected chi connectivity index (χ4v) is 1.77. The van der Waals surface area contributed by atoms with Gasteiger partial charge in [0.25, 0.3) is 0 Å². The largest absolute Gasteiger partial charge is 0.447 e. The maximum Gasteiger partial charge on any atom is 0.180 e. The monoisotopic (exact) mass is 198 g/mol. The molecule has 1 aliphatic rings. The molecule has 2 rings (SSSR count). The van der Waals surface area contributed by atoms with Gasteiger partial charge in [-0.1, -0.05) is 6.92 Å². The molecule has 0 bridgehead atoms. The molecule has 1 aromatic heterocycles. The first kappa shape index (κ1) is 9.65. The second kappa shape index (κ2) is 4.09. The molecule has 0 N–H and O–H groups in total. The maximum absolute atomic E-state index is 13.4. The molecule has 0 saturated carbocycles. The molecule has 2 heterocycles. The third-order valence-corrected chi connectivity index (χ3v) is 2.81. The van der Waals surface area contributed by atoms with Crippen LogP contribution in [0.5, 0.6) is 0 Å². The lowest BCUT2D eigenvalue weighted by Gasteiger charge is -2.32. The summed E-state index contributed by atoms with van der Waals surface area (Å²) in [6, 6.07) is 0. The van der Waals surface area contributed by atoms with Crippen LogP contribution < -0.4 is 0 Å². The van der Waals surface area contributed by atoms with Crippen molar-refractivity contribution < 1.29 is 8.81 Å². The van der Waals surface area contributed by atoms with E-state index in [9.17, 15) is 4.39 Å². The Bertz CT molecular complexity index is 276. The summed E-state index contributed by atoms with van der Waals surface area (Å²) in [7, 11) is 0. The first-order chi connectivity index (χ1) is 6.75. The van der Waals surface area contributed by atoms with Crippen molar-refractivity contribution >= 4 is 0 Å². The number of likely N-dealkylation sites (tertiary alicyclic amines) is 1. The van der Waals surface area contributed by atoms with Gasteiger partial charge in [0.05, 0.1) is 12.7 Å². The lowest BCUT2D eigenvalue weighted by Crippen LogP contribution is -2.40. The Balaban J connectivity index is 1.88.